The Bertz CT molecular complexity index is 147. The van der Waals surface area contributed by atoms with E-state index in [2.05, 4.69) is 0 Å². The van der Waals surface area contributed by atoms with E-state index in [-0.39, 0.29) is 0 Å². The number of hydrogen-bond acceptors (Lipinski definition) is 0. The molecule has 0 aliphatic heterocycles. The van der Waals surface area contributed by atoms with Crippen molar-refractivity contribution in [2.45, 2.75) is 44.9 Å². The van der Waals surface area contributed by atoms with Gasteiger partial charge in [-0.15, -0.1) is 0 Å². The van der Waals surface area contributed by atoms with E-state index in [0.29, 0.717) is 0 Å². The summed E-state index contributed by atoms with van der Waals surface area (Å²) < 4.78 is 0. The van der Waals surface area contributed by atoms with Gasteiger partial charge >= 0.3 is 0 Å². The summed E-state index contributed by atoms with van der Waals surface area (Å²) in [5.74, 6) is 4.71. The number of fused-ring (bicyclic) bond motifs is 2. The Hall–Kier alpha value is 0. The quantitative estimate of drug-likeness (QED) is 0.497. The highest BCUT2D eigenvalue weighted by atomic mass is 14.5. The van der Waals surface area contributed by atoms with Crippen molar-refractivity contribution >= 4 is 0 Å². The summed E-state index contributed by atoms with van der Waals surface area (Å²) >= 11 is 0. The van der Waals surface area contributed by atoms with E-state index in [1.807, 2.05) is 0 Å². The minimum atomic E-state index is 1.16. The Kier molecular flexibility index (Phi) is 1.33. The molecule has 4 rings (SSSR count). The Labute approximate surface area is 69.4 Å². The lowest BCUT2D eigenvalue weighted by Crippen LogP contribution is -2.22. The van der Waals surface area contributed by atoms with E-state index in [1.54, 1.807) is 44.9 Å². The van der Waals surface area contributed by atoms with Gasteiger partial charge in [-0.1, -0.05) is 12.8 Å². The van der Waals surface area contributed by atoms with Gasteiger partial charge in [-0.25, -0.2) is 0 Å². The maximum Gasteiger partial charge on any atom is -0.0357 e. The third kappa shape index (κ3) is 0.878. The zero-order valence-corrected chi connectivity index (χ0v) is 7.26. The van der Waals surface area contributed by atoms with Crippen LogP contribution in [0, 0.1) is 23.7 Å². The predicted octanol–water partition coefficient (Wildman–Crippen LogP) is 3.22. The highest BCUT2D eigenvalue weighted by molar-refractivity contribution is 4.94. The molecule has 0 N–H and O–H groups in total. The highest BCUT2D eigenvalue weighted by Gasteiger charge is 2.43. The molecular formula is C11H18. The minimum Gasteiger partial charge on any atom is -0.0528 e. The second-order valence-corrected chi connectivity index (χ2v) is 5.03. The molecular weight excluding hydrogens is 132 g/mol. The second-order valence-electron chi connectivity index (χ2n) is 5.03. The van der Waals surface area contributed by atoms with Gasteiger partial charge in [-0.3, -0.25) is 0 Å². The average molecular weight is 150 g/mol. The molecule has 0 heterocycles. The Morgan fingerprint density at radius 1 is 0.727 bits per heavy atom. The van der Waals surface area contributed by atoms with Crippen LogP contribution in [0.4, 0.5) is 0 Å². The first kappa shape index (κ1) is 6.51. The van der Waals surface area contributed by atoms with Crippen LogP contribution in [0.25, 0.3) is 0 Å². The fourth-order valence-electron chi connectivity index (χ4n) is 4.13. The Morgan fingerprint density at radius 3 is 2.18 bits per heavy atom. The van der Waals surface area contributed by atoms with Crippen molar-refractivity contribution in [1.82, 2.24) is 0 Å². The average Bonchev–Trinajstić information content (AvgIpc) is 2.35. The zero-order chi connectivity index (χ0) is 7.26. The zero-order valence-electron chi connectivity index (χ0n) is 7.26. The predicted molar refractivity (Wildman–Crippen MR) is 46.3 cm³/mol. The van der Waals surface area contributed by atoms with Gasteiger partial charge in [0.25, 0.3) is 0 Å². The molecule has 2 unspecified atom stereocenters. The van der Waals surface area contributed by atoms with Crippen LogP contribution in [0.5, 0.6) is 0 Å². The van der Waals surface area contributed by atoms with E-state index >= 15 is 0 Å². The van der Waals surface area contributed by atoms with Gasteiger partial charge < -0.3 is 0 Å². The van der Waals surface area contributed by atoms with Gasteiger partial charge in [0.05, 0.1) is 0 Å². The van der Waals surface area contributed by atoms with Crippen LogP contribution in [-0.4, -0.2) is 0 Å². The maximum absolute atomic E-state index is 1.61. The molecule has 0 heteroatoms. The van der Waals surface area contributed by atoms with Crippen molar-refractivity contribution in [3.63, 3.8) is 0 Å². The summed E-state index contributed by atoms with van der Waals surface area (Å²) in [7, 11) is 0. The molecule has 0 nitrogen and oxygen atoms in total. The maximum atomic E-state index is 1.61. The summed E-state index contributed by atoms with van der Waals surface area (Å²) in [5.41, 5.74) is 0. The molecule has 4 aliphatic rings. The van der Waals surface area contributed by atoms with Crippen LogP contribution in [0.3, 0.4) is 0 Å². The summed E-state index contributed by atoms with van der Waals surface area (Å²) in [5, 5.41) is 0. The minimum absolute atomic E-state index is 1.16. The first-order valence-corrected chi connectivity index (χ1v) is 5.43. The number of hydrogen-bond donors (Lipinski definition) is 0. The molecule has 0 aromatic carbocycles. The van der Waals surface area contributed by atoms with Gasteiger partial charge in [0.1, 0.15) is 0 Å². The SMILES string of the molecule is C1CC2CC3CCC(C2)C3C1. The molecule has 0 amide bonds. The lowest BCUT2D eigenvalue weighted by atomic mass is 9.75. The van der Waals surface area contributed by atoms with Crippen LogP contribution >= 0.6 is 0 Å². The molecule has 62 valence electrons. The molecule has 4 fully saturated rings. The molecule has 2 atom stereocenters. The van der Waals surface area contributed by atoms with E-state index in [4.69, 9.17) is 0 Å². The highest BCUT2D eigenvalue weighted by Crippen LogP contribution is 2.54. The first-order valence-electron chi connectivity index (χ1n) is 5.43. The van der Waals surface area contributed by atoms with Gasteiger partial charge in [0, 0.05) is 0 Å². The van der Waals surface area contributed by atoms with Crippen molar-refractivity contribution < 1.29 is 0 Å². The van der Waals surface area contributed by atoms with Crippen LogP contribution < -0.4 is 0 Å². The van der Waals surface area contributed by atoms with E-state index in [0.717, 1.165) is 5.92 Å². The molecule has 11 heavy (non-hydrogen) atoms. The standard InChI is InChI=1S/C11H18/c1-2-8-6-9-4-5-10(7-8)11(9)3-1/h8-11H,1-7H2. The molecule has 4 saturated carbocycles. The van der Waals surface area contributed by atoms with Gasteiger partial charge in [0.2, 0.25) is 0 Å². The van der Waals surface area contributed by atoms with Gasteiger partial charge in [-0.2, -0.15) is 0 Å². The lowest BCUT2D eigenvalue weighted by Gasteiger charge is -2.30. The molecule has 0 saturated heterocycles. The largest absolute Gasteiger partial charge is 0.0528 e. The fraction of sp³-hybridized carbons (Fsp3) is 1.00. The molecule has 0 spiro atoms. The van der Waals surface area contributed by atoms with Crippen LogP contribution in [0.15, 0.2) is 0 Å². The van der Waals surface area contributed by atoms with Gasteiger partial charge in [0.15, 0.2) is 0 Å². The third-order valence-electron chi connectivity index (χ3n) is 4.54. The smallest absolute Gasteiger partial charge is 0.0357 e. The summed E-state index contributed by atoms with van der Waals surface area (Å²) in [4.78, 5) is 0. The van der Waals surface area contributed by atoms with Crippen molar-refractivity contribution in [1.29, 1.82) is 0 Å². The molecule has 4 bridgehead atoms. The first-order chi connectivity index (χ1) is 5.43. The van der Waals surface area contributed by atoms with Gasteiger partial charge in [-0.05, 0) is 55.8 Å². The molecule has 4 aliphatic carbocycles. The number of rotatable bonds is 0. The third-order valence-corrected chi connectivity index (χ3v) is 4.54. The second kappa shape index (κ2) is 2.24. The van der Waals surface area contributed by atoms with E-state index < -0.39 is 0 Å². The Morgan fingerprint density at radius 2 is 1.45 bits per heavy atom. The van der Waals surface area contributed by atoms with Crippen molar-refractivity contribution in [3.05, 3.63) is 0 Å². The van der Waals surface area contributed by atoms with Crippen LogP contribution in [-0.2, 0) is 0 Å². The summed E-state index contributed by atoms with van der Waals surface area (Å²) in [6.45, 7) is 0. The fourth-order valence-corrected chi connectivity index (χ4v) is 4.13. The monoisotopic (exact) mass is 150 g/mol. The van der Waals surface area contributed by atoms with Crippen molar-refractivity contribution in [2.24, 2.45) is 23.7 Å². The Balaban J connectivity index is 1.92. The molecule has 0 aromatic rings. The topological polar surface area (TPSA) is 0 Å². The summed E-state index contributed by atoms with van der Waals surface area (Å²) in [6, 6.07) is 0. The summed E-state index contributed by atoms with van der Waals surface area (Å²) in [6.07, 6.45) is 11.1. The van der Waals surface area contributed by atoms with Crippen LogP contribution in [0.1, 0.15) is 44.9 Å². The molecule has 0 aromatic heterocycles. The lowest BCUT2D eigenvalue weighted by molar-refractivity contribution is 0.193. The van der Waals surface area contributed by atoms with E-state index in [9.17, 15) is 0 Å². The normalized spacial score (nSPS) is 54.5. The van der Waals surface area contributed by atoms with Crippen molar-refractivity contribution in [2.75, 3.05) is 0 Å². The molecule has 0 radical (unpaired) electrons. The van der Waals surface area contributed by atoms with Crippen LogP contribution in [0.2, 0.25) is 0 Å². The van der Waals surface area contributed by atoms with Crippen molar-refractivity contribution in [3.8, 4) is 0 Å². The van der Waals surface area contributed by atoms with E-state index in [1.165, 1.54) is 17.8 Å².